The molecule has 0 atom stereocenters. The third-order valence-electron chi connectivity index (χ3n) is 3.68. The SMILES string of the molecule is Cc1nc(/C=C/C(=O)NCC2(CO)CCCC2)cs1. The summed E-state index contributed by atoms with van der Waals surface area (Å²) in [6.07, 6.45) is 7.51. The van der Waals surface area contributed by atoms with E-state index in [1.807, 2.05) is 12.3 Å². The molecular weight excluding hydrogens is 260 g/mol. The molecular formula is C14H20N2O2S. The third kappa shape index (κ3) is 3.88. The van der Waals surface area contributed by atoms with Crippen LogP contribution < -0.4 is 5.32 Å². The molecule has 2 rings (SSSR count). The number of aryl methyl sites for hydroxylation is 1. The Morgan fingerprint density at radius 1 is 1.58 bits per heavy atom. The van der Waals surface area contributed by atoms with E-state index in [1.165, 1.54) is 6.08 Å². The summed E-state index contributed by atoms with van der Waals surface area (Å²) in [4.78, 5) is 16.0. The Labute approximate surface area is 117 Å². The molecule has 0 bridgehead atoms. The maximum absolute atomic E-state index is 11.7. The molecule has 1 heterocycles. The monoisotopic (exact) mass is 280 g/mol. The number of amides is 1. The summed E-state index contributed by atoms with van der Waals surface area (Å²) < 4.78 is 0. The standard InChI is InChI=1S/C14H20N2O2S/c1-11-16-12(8-19-11)4-5-13(18)15-9-14(10-17)6-2-3-7-14/h4-5,8,17H,2-3,6-7,9-10H2,1H3,(H,15,18)/b5-4+. The molecule has 1 saturated carbocycles. The number of rotatable bonds is 5. The third-order valence-corrected chi connectivity index (χ3v) is 4.47. The van der Waals surface area contributed by atoms with E-state index in [1.54, 1.807) is 17.4 Å². The highest BCUT2D eigenvalue weighted by Crippen LogP contribution is 2.36. The number of hydrogen-bond donors (Lipinski definition) is 2. The predicted molar refractivity (Wildman–Crippen MR) is 76.9 cm³/mol. The van der Waals surface area contributed by atoms with E-state index in [0.29, 0.717) is 6.54 Å². The highest BCUT2D eigenvalue weighted by atomic mass is 32.1. The van der Waals surface area contributed by atoms with Crippen molar-refractivity contribution in [3.8, 4) is 0 Å². The normalized spacial score (nSPS) is 18.0. The van der Waals surface area contributed by atoms with Gasteiger partial charge < -0.3 is 10.4 Å². The number of carbonyl (C=O) groups is 1. The Hall–Kier alpha value is -1.20. The zero-order chi connectivity index (χ0) is 13.7. The molecule has 1 fully saturated rings. The molecule has 4 nitrogen and oxygen atoms in total. The highest BCUT2D eigenvalue weighted by molar-refractivity contribution is 7.09. The van der Waals surface area contributed by atoms with E-state index in [4.69, 9.17) is 0 Å². The molecule has 104 valence electrons. The van der Waals surface area contributed by atoms with Crippen LogP contribution in [0.2, 0.25) is 0 Å². The molecule has 19 heavy (non-hydrogen) atoms. The second-order valence-electron chi connectivity index (χ2n) is 5.21. The van der Waals surface area contributed by atoms with Gasteiger partial charge in [-0.25, -0.2) is 4.98 Å². The van der Waals surface area contributed by atoms with Crippen LogP contribution in [0.15, 0.2) is 11.5 Å². The molecule has 0 radical (unpaired) electrons. The molecule has 1 aromatic heterocycles. The van der Waals surface area contributed by atoms with E-state index in [9.17, 15) is 9.90 Å². The van der Waals surface area contributed by atoms with E-state index < -0.39 is 0 Å². The summed E-state index contributed by atoms with van der Waals surface area (Å²) in [7, 11) is 0. The van der Waals surface area contributed by atoms with E-state index in [-0.39, 0.29) is 17.9 Å². The molecule has 1 aliphatic rings. The maximum Gasteiger partial charge on any atom is 0.244 e. The lowest BCUT2D eigenvalue weighted by Crippen LogP contribution is -2.37. The van der Waals surface area contributed by atoms with Gasteiger partial charge in [0.2, 0.25) is 5.91 Å². The summed E-state index contributed by atoms with van der Waals surface area (Å²) in [6, 6.07) is 0. The van der Waals surface area contributed by atoms with Gasteiger partial charge in [-0.2, -0.15) is 0 Å². The van der Waals surface area contributed by atoms with Crippen LogP contribution in [-0.4, -0.2) is 29.1 Å². The van der Waals surface area contributed by atoms with E-state index >= 15 is 0 Å². The first-order valence-corrected chi connectivity index (χ1v) is 7.50. The van der Waals surface area contributed by atoms with Crippen LogP contribution in [0, 0.1) is 12.3 Å². The first-order chi connectivity index (χ1) is 9.13. The fraction of sp³-hybridized carbons (Fsp3) is 0.571. The Bertz CT molecular complexity index is 462. The predicted octanol–water partition coefficient (Wildman–Crippen LogP) is 2.13. The Balaban J connectivity index is 1.83. The second kappa shape index (κ2) is 6.30. The van der Waals surface area contributed by atoms with E-state index in [0.717, 1.165) is 36.4 Å². The van der Waals surface area contributed by atoms with Gasteiger partial charge in [0.15, 0.2) is 0 Å². The number of thiazole rings is 1. The van der Waals surface area contributed by atoms with Crippen LogP contribution in [0.25, 0.3) is 6.08 Å². The van der Waals surface area contributed by atoms with Gasteiger partial charge in [-0.05, 0) is 25.8 Å². The molecule has 1 aromatic rings. The van der Waals surface area contributed by atoms with Crippen LogP contribution in [-0.2, 0) is 4.79 Å². The van der Waals surface area contributed by atoms with Gasteiger partial charge in [-0.1, -0.05) is 12.8 Å². The lowest BCUT2D eigenvalue weighted by atomic mass is 9.87. The van der Waals surface area contributed by atoms with Gasteiger partial charge in [0.25, 0.3) is 0 Å². The van der Waals surface area contributed by atoms with Crippen molar-refractivity contribution >= 4 is 23.3 Å². The lowest BCUT2D eigenvalue weighted by molar-refractivity contribution is -0.117. The lowest BCUT2D eigenvalue weighted by Gasteiger charge is -2.26. The molecule has 0 aromatic carbocycles. The molecule has 2 N–H and O–H groups in total. The molecule has 0 spiro atoms. The summed E-state index contributed by atoms with van der Waals surface area (Å²) in [5.41, 5.74) is 0.719. The fourth-order valence-electron chi connectivity index (χ4n) is 2.47. The van der Waals surface area contributed by atoms with Gasteiger partial charge in [0, 0.05) is 23.4 Å². The highest BCUT2D eigenvalue weighted by Gasteiger charge is 2.33. The van der Waals surface area contributed by atoms with Crippen molar-refractivity contribution in [2.75, 3.05) is 13.2 Å². The Morgan fingerprint density at radius 2 is 2.32 bits per heavy atom. The number of aliphatic hydroxyl groups is 1. The number of aromatic nitrogens is 1. The first kappa shape index (κ1) is 14.2. The summed E-state index contributed by atoms with van der Waals surface area (Å²) >= 11 is 1.57. The minimum Gasteiger partial charge on any atom is -0.396 e. The van der Waals surface area contributed by atoms with Crippen molar-refractivity contribution in [2.24, 2.45) is 5.41 Å². The Morgan fingerprint density at radius 3 is 2.89 bits per heavy atom. The van der Waals surface area contributed by atoms with Crippen molar-refractivity contribution in [1.82, 2.24) is 10.3 Å². The largest absolute Gasteiger partial charge is 0.396 e. The summed E-state index contributed by atoms with van der Waals surface area (Å²) in [6.45, 7) is 2.65. The van der Waals surface area contributed by atoms with Crippen LogP contribution >= 0.6 is 11.3 Å². The van der Waals surface area contributed by atoms with Crippen molar-refractivity contribution in [3.63, 3.8) is 0 Å². The van der Waals surface area contributed by atoms with Gasteiger partial charge in [-0.15, -0.1) is 11.3 Å². The molecule has 0 unspecified atom stereocenters. The smallest absolute Gasteiger partial charge is 0.244 e. The van der Waals surface area contributed by atoms with Crippen molar-refractivity contribution < 1.29 is 9.90 Å². The zero-order valence-electron chi connectivity index (χ0n) is 11.2. The molecule has 0 saturated heterocycles. The first-order valence-electron chi connectivity index (χ1n) is 6.62. The number of hydrogen-bond acceptors (Lipinski definition) is 4. The van der Waals surface area contributed by atoms with Crippen molar-refractivity contribution in [1.29, 1.82) is 0 Å². The van der Waals surface area contributed by atoms with Gasteiger partial charge in [0.1, 0.15) is 0 Å². The molecule has 0 aliphatic heterocycles. The minimum absolute atomic E-state index is 0.0965. The number of carbonyl (C=O) groups excluding carboxylic acids is 1. The summed E-state index contributed by atoms with van der Waals surface area (Å²) in [5.74, 6) is -0.120. The average molecular weight is 280 g/mol. The second-order valence-corrected chi connectivity index (χ2v) is 6.27. The minimum atomic E-state index is -0.120. The fourth-order valence-corrected chi connectivity index (χ4v) is 3.05. The zero-order valence-corrected chi connectivity index (χ0v) is 12.0. The number of nitrogens with zero attached hydrogens (tertiary/aromatic N) is 1. The summed E-state index contributed by atoms with van der Waals surface area (Å²) in [5, 5.41) is 15.3. The van der Waals surface area contributed by atoms with Crippen molar-refractivity contribution in [2.45, 2.75) is 32.6 Å². The number of nitrogens with one attached hydrogen (secondary N) is 1. The van der Waals surface area contributed by atoms with Gasteiger partial charge in [-0.3, -0.25) is 4.79 Å². The number of aliphatic hydroxyl groups excluding tert-OH is 1. The maximum atomic E-state index is 11.7. The van der Waals surface area contributed by atoms with Gasteiger partial charge >= 0.3 is 0 Å². The topological polar surface area (TPSA) is 62.2 Å². The van der Waals surface area contributed by atoms with E-state index in [2.05, 4.69) is 10.3 Å². The quantitative estimate of drug-likeness (QED) is 0.812. The van der Waals surface area contributed by atoms with Crippen LogP contribution in [0.3, 0.4) is 0 Å². The Kier molecular flexibility index (Phi) is 4.71. The molecule has 1 aliphatic carbocycles. The van der Waals surface area contributed by atoms with Crippen LogP contribution in [0.5, 0.6) is 0 Å². The molecule has 1 amide bonds. The van der Waals surface area contributed by atoms with Crippen LogP contribution in [0.4, 0.5) is 0 Å². The molecule has 5 heteroatoms. The van der Waals surface area contributed by atoms with Crippen molar-refractivity contribution in [3.05, 3.63) is 22.2 Å². The average Bonchev–Trinajstić information content (AvgIpc) is 3.04. The van der Waals surface area contributed by atoms with Crippen LogP contribution in [0.1, 0.15) is 36.4 Å². The van der Waals surface area contributed by atoms with Gasteiger partial charge in [0.05, 0.1) is 17.3 Å².